The normalized spacial score (nSPS) is 10.7. The monoisotopic (exact) mass is 308 g/mol. The lowest BCUT2D eigenvalue weighted by Crippen LogP contribution is -2.25. The van der Waals surface area contributed by atoms with Crippen LogP contribution < -0.4 is 10.1 Å². The van der Waals surface area contributed by atoms with Gasteiger partial charge in [0.25, 0.3) is 5.91 Å². The van der Waals surface area contributed by atoms with Gasteiger partial charge in [-0.1, -0.05) is 17.7 Å². The number of rotatable bonds is 5. The molecular formula is C19H20N2O2. The predicted molar refractivity (Wildman–Crippen MR) is 92.1 cm³/mol. The number of aromatic amines is 1. The molecular weight excluding hydrogens is 288 g/mol. The number of fused-ring (bicyclic) bond motifs is 1. The topological polar surface area (TPSA) is 54.1 Å². The van der Waals surface area contributed by atoms with Crippen molar-refractivity contribution in [1.82, 2.24) is 10.3 Å². The van der Waals surface area contributed by atoms with Gasteiger partial charge in [0.1, 0.15) is 5.75 Å². The lowest BCUT2D eigenvalue weighted by Gasteiger charge is -2.06. The second-order valence-electron chi connectivity index (χ2n) is 5.60. The van der Waals surface area contributed by atoms with Crippen LogP contribution in [0, 0.1) is 6.92 Å². The molecule has 3 rings (SSSR count). The van der Waals surface area contributed by atoms with Crippen molar-refractivity contribution >= 4 is 16.8 Å². The number of aromatic nitrogens is 1. The fourth-order valence-corrected chi connectivity index (χ4v) is 2.69. The van der Waals surface area contributed by atoms with Gasteiger partial charge in [0.05, 0.1) is 7.11 Å². The summed E-state index contributed by atoms with van der Waals surface area (Å²) in [5.41, 5.74) is 4.03. The highest BCUT2D eigenvalue weighted by atomic mass is 16.5. The number of H-pyrrole nitrogens is 1. The first kappa shape index (κ1) is 15.2. The first-order valence-corrected chi connectivity index (χ1v) is 7.66. The number of carbonyl (C=O) groups is 1. The van der Waals surface area contributed by atoms with Gasteiger partial charge in [0.2, 0.25) is 0 Å². The number of ether oxygens (including phenoxy) is 1. The lowest BCUT2D eigenvalue weighted by molar-refractivity contribution is 0.0954. The number of nitrogens with one attached hydrogen (secondary N) is 2. The van der Waals surface area contributed by atoms with E-state index in [0.717, 1.165) is 28.6 Å². The smallest absolute Gasteiger partial charge is 0.251 e. The van der Waals surface area contributed by atoms with Crippen LogP contribution in [0.5, 0.6) is 5.75 Å². The molecule has 0 unspecified atom stereocenters. The van der Waals surface area contributed by atoms with Gasteiger partial charge in [0, 0.05) is 29.2 Å². The second-order valence-corrected chi connectivity index (χ2v) is 5.60. The van der Waals surface area contributed by atoms with Crippen molar-refractivity contribution in [1.29, 1.82) is 0 Å². The van der Waals surface area contributed by atoms with Crippen LogP contribution in [0.2, 0.25) is 0 Å². The van der Waals surface area contributed by atoms with Crippen molar-refractivity contribution in [2.45, 2.75) is 13.3 Å². The average molecular weight is 308 g/mol. The largest absolute Gasteiger partial charge is 0.497 e. The van der Waals surface area contributed by atoms with Crippen LogP contribution >= 0.6 is 0 Å². The number of aryl methyl sites for hydroxylation is 1. The Labute approximate surface area is 135 Å². The van der Waals surface area contributed by atoms with Gasteiger partial charge in [-0.05, 0) is 49.2 Å². The van der Waals surface area contributed by atoms with Crippen molar-refractivity contribution in [3.8, 4) is 5.75 Å². The minimum absolute atomic E-state index is 0.0360. The zero-order valence-corrected chi connectivity index (χ0v) is 13.3. The summed E-state index contributed by atoms with van der Waals surface area (Å²) in [4.78, 5) is 15.4. The quantitative estimate of drug-likeness (QED) is 0.758. The Kier molecular flexibility index (Phi) is 4.33. The summed E-state index contributed by atoms with van der Waals surface area (Å²) in [6, 6.07) is 13.6. The van der Waals surface area contributed by atoms with Gasteiger partial charge in [-0.2, -0.15) is 0 Å². The maximum Gasteiger partial charge on any atom is 0.251 e. The summed E-state index contributed by atoms with van der Waals surface area (Å²) >= 11 is 0. The van der Waals surface area contributed by atoms with Crippen LogP contribution in [0.15, 0.2) is 48.7 Å². The van der Waals surface area contributed by atoms with E-state index < -0.39 is 0 Å². The maximum absolute atomic E-state index is 12.2. The number of amides is 1. The summed E-state index contributed by atoms with van der Waals surface area (Å²) in [5, 5.41) is 4.11. The van der Waals surface area contributed by atoms with Gasteiger partial charge in [-0.3, -0.25) is 4.79 Å². The summed E-state index contributed by atoms with van der Waals surface area (Å²) < 4.78 is 5.27. The molecule has 3 aromatic rings. The van der Waals surface area contributed by atoms with E-state index in [0.29, 0.717) is 12.1 Å². The zero-order valence-electron chi connectivity index (χ0n) is 13.3. The molecule has 0 atom stereocenters. The molecule has 23 heavy (non-hydrogen) atoms. The van der Waals surface area contributed by atoms with Crippen LogP contribution in [0.3, 0.4) is 0 Å². The lowest BCUT2D eigenvalue weighted by atomic mass is 10.1. The first-order chi connectivity index (χ1) is 11.2. The van der Waals surface area contributed by atoms with Gasteiger partial charge in [-0.15, -0.1) is 0 Å². The molecule has 0 aliphatic heterocycles. The van der Waals surface area contributed by atoms with E-state index in [2.05, 4.69) is 10.3 Å². The van der Waals surface area contributed by atoms with Crippen molar-refractivity contribution in [2.75, 3.05) is 13.7 Å². The van der Waals surface area contributed by atoms with Crippen molar-refractivity contribution in [2.24, 2.45) is 0 Å². The number of hydrogen-bond acceptors (Lipinski definition) is 2. The summed E-state index contributed by atoms with van der Waals surface area (Å²) in [6.45, 7) is 2.58. The fourth-order valence-electron chi connectivity index (χ4n) is 2.69. The number of carbonyl (C=O) groups excluding carboxylic acids is 1. The number of benzene rings is 2. The first-order valence-electron chi connectivity index (χ1n) is 7.66. The molecule has 1 aromatic heterocycles. The Morgan fingerprint density at radius 3 is 2.87 bits per heavy atom. The molecule has 0 spiro atoms. The van der Waals surface area contributed by atoms with E-state index in [-0.39, 0.29) is 5.91 Å². The van der Waals surface area contributed by atoms with Gasteiger partial charge in [-0.25, -0.2) is 0 Å². The van der Waals surface area contributed by atoms with Crippen molar-refractivity contribution in [3.05, 3.63) is 65.4 Å². The van der Waals surface area contributed by atoms with Crippen LogP contribution in [0.1, 0.15) is 21.5 Å². The third-order valence-corrected chi connectivity index (χ3v) is 3.93. The number of hydrogen-bond donors (Lipinski definition) is 2. The van der Waals surface area contributed by atoms with Crippen molar-refractivity contribution in [3.63, 3.8) is 0 Å². The van der Waals surface area contributed by atoms with Crippen molar-refractivity contribution < 1.29 is 9.53 Å². The van der Waals surface area contributed by atoms with Gasteiger partial charge in [0.15, 0.2) is 0 Å². The van der Waals surface area contributed by atoms with Crippen LogP contribution in [-0.4, -0.2) is 24.5 Å². The Bertz CT molecular complexity index is 836. The number of methoxy groups -OCH3 is 1. The minimum atomic E-state index is -0.0360. The highest BCUT2D eigenvalue weighted by Gasteiger charge is 2.07. The van der Waals surface area contributed by atoms with Gasteiger partial charge < -0.3 is 15.0 Å². The second kappa shape index (κ2) is 6.57. The predicted octanol–water partition coefficient (Wildman–Crippen LogP) is 3.46. The Morgan fingerprint density at radius 1 is 1.22 bits per heavy atom. The molecule has 0 radical (unpaired) electrons. The standard InChI is InChI=1S/C19H20N2O2/c1-13-4-3-5-14(10-13)19(22)20-9-8-15-12-21-18-7-6-16(23-2)11-17(15)18/h3-7,10-12,21H,8-9H2,1-2H3,(H,20,22). The Hall–Kier alpha value is -2.75. The molecule has 2 N–H and O–H groups in total. The highest BCUT2D eigenvalue weighted by molar-refractivity contribution is 5.94. The van der Waals surface area contributed by atoms with E-state index in [1.54, 1.807) is 7.11 Å². The van der Waals surface area contributed by atoms with E-state index in [1.165, 1.54) is 5.56 Å². The zero-order chi connectivity index (χ0) is 16.2. The van der Waals surface area contributed by atoms with E-state index in [1.807, 2.05) is 55.6 Å². The van der Waals surface area contributed by atoms with E-state index >= 15 is 0 Å². The van der Waals surface area contributed by atoms with Crippen LogP contribution in [0.25, 0.3) is 10.9 Å². The van der Waals surface area contributed by atoms with Crippen LogP contribution in [-0.2, 0) is 6.42 Å². The van der Waals surface area contributed by atoms with Crippen LogP contribution in [0.4, 0.5) is 0 Å². The molecule has 0 bridgehead atoms. The molecule has 1 amide bonds. The fraction of sp³-hybridized carbons (Fsp3) is 0.211. The highest BCUT2D eigenvalue weighted by Crippen LogP contribution is 2.23. The summed E-state index contributed by atoms with van der Waals surface area (Å²) in [7, 11) is 1.66. The summed E-state index contributed by atoms with van der Waals surface area (Å²) in [6.07, 6.45) is 2.76. The molecule has 118 valence electrons. The molecule has 0 aliphatic rings. The Balaban J connectivity index is 1.66. The Morgan fingerprint density at radius 2 is 2.09 bits per heavy atom. The molecule has 4 heteroatoms. The molecule has 0 saturated carbocycles. The van der Waals surface area contributed by atoms with E-state index in [9.17, 15) is 4.79 Å². The molecule has 1 heterocycles. The molecule has 4 nitrogen and oxygen atoms in total. The SMILES string of the molecule is COc1ccc2[nH]cc(CCNC(=O)c3cccc(C)c3)c2c1. The maximum atomic E-state index is 12.2. The third-order valence-electron chi connectivity index (χ3n) is 3.93. The average Bonchev–Trinajstić information content (AvgIpc) is 2.97. The third kappa shape index (κ3) is 3.37. The molecule has 0 fully saturated rings. The van der Waals surface area contributed by atoms with Gasteiger partial charge >= 0.3 is 0 Å². The molecule has 0 saturated heterocycles. The van der Waals surface area contributed by atoms with E-state index in [4.69, 9.17) is 4.74 Å². The minimum Gasteiger partial charge on any atom is -0.497 e. The molecule has 0 aliphatic carbocycles. The summed E-state index contributed by atoms with van der Waals surface area (Å²) in [5.74, 6) is 0.799. The molecule has 2 aromatic carbocycles.